The summed E-state index contributed by atoms with van der Waals surface area (Å²) < 4.78 is 0. The fourth-order valence-electron chi connectivity index (χ4n) is 3.28. The van der Waals surface area contributed by atoms with Crippen molar-refractivity contribution in [2.75, 3.05) is 6.54 Å². The quantitative estimate of drug-likeness (QED) is 0.565. The van der Waals surface area contributed by atoms with E-state index in [0.717, 1.165) is 36.5 Å². The molecule has 0 aliphatic carbocycles. The summed E-state index contributed by atoms with van der Waals surface area (Å²) in [5.74, 6) is -0.848. The van der Waals surface area contributed by atoms with Crippen LogP contribution in [0.5, 0.6) is 0 Å². The standard InChI is InChI=1S/C22H25N3O3/c1-3-5-6-14(4-2)13-23-21(26)17-11-9-15-7-8-16-10-12-18(22(27)28)25-20(16)19(15)24-17/h7-12,14H,3-6,13H2,1-2H3,(H,23,26)(H,27,28). The number of aromatic carboxylic acids is 1. The Kier molecular flexibility index (Phi) is 6.19. The average Bonchev–Trinajstić information content (AvgIpc) is 2.72. The lowest BCUT2D eigenvalue weighted by atomic mass is 9.99. The third-order valence-electron chi connectivity index (χ3n) is 5.07. The monoisotopic (exact) mass is 379 g/mol. The van der Waals surface area contributed by atoms with Gasteiger partial charge in [-0.25, -0.2) is 14.8 Å². The van der Waals surface area contributed by atoms with Crippen molar-refractivity contribution < 1.29 is 14.7 Å². The lowest BCUT2D eigenvalue weighted by Crippen LogP contribution is -2.29. The van der Waals surface area contributed by atoms with Gasteiger partial charge in [-0.1, -0.05) is 57.4 Å². The fraction of sp³-hybridized carbons (Fsp3) is 0.364. The number of hydrogen-bond acceptors (Lipinski definition) is 4. The van der Waals surface area contributed by atoms with Gasteiger partial charge in [0.05, 0.1) is 11.0 Å². The lowest BCUT2D eigenvalue weighted by Gasteiger charge is -2.15. The average molecular weight is 379 g/mol. The van der Waals surface area contributed by atoms with E-state index in [9.17, 15) is 14.7 Å². The molecule has 2 heterocycles. The number of fused-ring (bicyclic) bond motifs is 3. The van der Waals surface area contributed by atoms with Crippen molar-refractivity contribution in [1.82, 2.24) is 15.3 Å². The molecule has 1 unspecified atom stereocenters. The molecular weight excluding hydrogens is 354 g/mol. The second kappa shape index (κ2) is 8.78. The molecule has 0 bridgehead atoms. The van der Waals surface area contributed by atoms with Crippen molar-refractivity contribution >= 4 is 33.7 Å². The Hall–Kier alpha value is -3.02. The normalized spacial score (nSPS) is 12.2. The Balaban J connectivity index is 1.89. The number of carboxylic acid groups (broad SMARTS) is 1. The van der Waals surface area contributed by atoms with Crippen LogP contribution in [-0.4, -0.2) is 33.5 Å². The molecule has 0 aliphatic heterocycles. The molecular formula is C22H25N3O3. The zero-order valence-corrected chi connectivity index (χ0v) is 16.2. The van der Waals surface area contributed by atoms with Crippen LogP contribution in [0.1, 0.15) is 60.5 Å². The number of rotatable bonds is 8. The van der Waals surface area contributed by atoms with Gasteiger partial charge in [0.1, 0.15) is 11.4 Å². The highest BCUT2D eigenvalue weighted by molar-refractivity contribution is 6.05. The highest BCUT2D eigenvalue weighted by atomic mass is 16.4. The van der Waals surface area contributed by atoms with E-state index in [0.29, 0.717) is 29.2 Å². The van der Waals surface area contributed by atoms with E-state index < -0.39 is 5.97 Å². The molecule has 0 saturated carbocycles. The molecule has 0 radical (unpaired) electrons. The number of carboxylic acids is 1. The van der Waals surface area contributed by atoms with Crippen molar-refractivity contribution in [3.63, 3.8) is 0 Å². The number of carbonyl (C=O) groups excluding carboxylic acids is 1. The first-order chi connectivity index (χ1) is 13.5. The third kappa shape index (κ3) is 4.27. The number of amides is 1. The molecule has 3 rings (SSSR count). The highest BCUT2D eigenvalue weighted by Gasteiger charge is 2.14. The molecule has 2 N–H and O–H groups in total. The Morgan fingerprint density at radius 1 is 0.964 bits per heavy atom. The Bertz CT molecular complexity index is 1020. The number of nitrogens with zero attached hydrogens (tertiary/aromatic N) is 2. The van der Waals surface area contributed by atoms with Crippen molar-refractivity contribution in [2.24, 2.45) is 5.92 Å². The third-order valence-corrected chi connectivity index (χ3v) is 5.07. The van der Waals surface area contributed by atoms with Crippen molar-refractivity contribution in [3.8, 4) is 0 Å². The van der Waals surface area contributed by atoms with Crippen molar-refractivity contribution in [1.29, 1.82) is 0 Å². The Morgan fingerprint density at radius 2 is 1.54 bits per heavy atom. The summed E-state index contributed by atoms with van der Waals surface area (Å²) in [6.45, 7) is 4.93. The fourth-order valence-corrected chi connectivity index (χ4v) is 3.28. The van der Waals surface area contributed by atoms with Crippen LogP contribution in [0.25, 0.3) is 21.8 Å². The zero-order valence-electron chi connectivity index (χ0n) is 16.2. The number of carbonyl (C=O) groups is 2. The lowest BCUT2D eigenvalue weighted by molar-refractivity contribution is 0.0690. The molecule has 146 valence electrons. The van der Waals surface area contributed by atoms with Crippen LogP contribution in [0.3, 0.4) is 0 Å². The van der Waals surface area contributed by atoms with Crippen LogP contribution in [0.2, 0.25) is 0 Å². The van der Waals surface area contributed by atoms with Crippen LogP contribution in [0.15, 0.2) is 36.4 Å². The van der Waals surface area contributed by atoms with E-state index in [1.54, 1.807) is 12.1 Å². The minimum absolute atomic E-state index is 0.0432. The summed E-state index contributed by atoms with van der Waals surface area (Å²) in [6, 6.07) is 10.5. The SMILES string of the molecule is CCCCC(CC)CNC(=O)c1ccc2ccc3ccc(C(=O)O)nc3c2n1. The maximum atomic E-state index is 12.6. The molecule has 0 saturated heterocycles. The van der Waals surface area contributed by atoms with E-state index in [1.165, 1.54) is 6.07 Å². The first-order valence-corrected chi connectivity index (χ1v) is 9.75. The molecule has 1 atom stereocenters. The topological polar surface area (TPSA) is 92.2 Å². The van der Waals surface area contributed by atoms with Gasteiger partial charge in [0.25, 0.3) is 5.91 Å². The summed E-state index contributed by atoms with van der Waals surface area (Å²) in [4.78, 5) is 32.6. The number of unbranched alkanes of at least 4 members (excludes halogenated alkanes) is 1. The Morgan fingerprint density at radius 3 is 2.11 bits per heavy atom. The van der Waals surface area contributed by atoms with Crippen molar-refractivity contribution in [2.45, 2.75) is 39.5 Å². The molecule has 6 nitrogen and oxygen atoms in total. The van der Waals surface area contributed by atoms with Gasteiger partial charge in [-0.15, -0.1) is 0 Å². The van der Waals surface area contributed by atoms with Crippen LogP contribution in [-0.2, 0) is 0 Å². The summed E-state index contributed by atoms with van der Waals surface area (Å²) in [5, 5.41) is 13.8. The van der Waals surface area contributed by atoms with Gasteiger partial charge in [0, 0.05) is 17.3 Å². The molecule has 6 heteroatoms. The Labute approximate surface area is 164 Å². The minimum atomic E-state index is -1.09. The molecule has 0 spiro atoms. The van der Waals surface area contributed by atoms with Gasteiger partial charge >= 0.3 is 5.97 Å². The van der Waals surface area contributed by atoms with E-state index in [4.69, 9.17) is 0 Å². The zero-order chi connectivity index (χ0) is 20.1. The predicted molar refractivity (Wildman–Crippen MR) is 110 cm³/mol. The predicted octanol–water partition coefficient (Wildman–Crippen LogP) is 4.43. The molecule has 1 amide bonds. The number of nitrogens with one attached hydrogen (secondary N) is 1. The number of benzene rings is 1. The van der Waals surface area contributed by atoms with Gasteiger partial charge < -0.3 is 10.4 Å². The second-order valence-electron chi connectivity index (χ2n) is 7.03. The van der Waals surface area contributed by atoms with Crippen LogP contribution in [0, 0.1) is 5.92 Å². The molecule has 2 aromatic heterocycles. The van der Waals surface area contributed by atoms with Gasteiger partial charge in [-0.3, -0.25) is 4.79 Å². The molecule has 1 aromatic carbocycles. The molecule has 0 fully saturated rings. The number of hydrogen-bond donors (Lipinski definition) is 2. The summed E-state index contributed by atoms with van der Waals surface area (Å²) >= 11 is 0. The van der Waals surface area contributed by atoms with Crippen LogP contribution < -0.4 is 5.32 Å². The molecule has 3 aromatic rings. The second-order valence-corrected chi connectivity index (χ2v) is 7.03. The van der Waals surface area contributed by atoms with Gasteiger partial charge in [-0.2, -0.15) is 0 Å². The maximum Gasteiger partial charge on any atom is 0.354 e. The van der Waals surface area contributed by atoms with E-state index in [1.807, 2.05) is 18.2 Å². The van der Waals surface area contributed by atoms with Crippen molar-refractivity contribution in [3.05, 3.63) is 47.8 Å². The molecule has 0 aliphatic rings. The van der Waals surface area contributed by atoms with Gasteiger partial charge in [0.2, 0.25) is 0 Å². The number of aromatic nitrogens is 2. The van der Waals surface area contributed by atoms with E-state index in [-0.39, 0.29) is 11.6 Å². The summed E-state index contributed by atoms with van der Waals surface area (Å²) in [5.41, 5.74) is 1.29. The van der Waals surface area contributed by atoms with Gasteiger partial charge in [0.15, 0.2) is 0 Å². The first-order valence-electron chi connectivity index (χ1n) is 9.75. The van der Waals surface area contributed by atoms with Crippen LogP contribution in [0.4, 0.5) is 0 Å². The van der Waals surface area contributed by atoms with Crippen LogP contribution >= 0.6 is 0 Å². The first kappa shape index (κ1) is 19.7. The number of pyridine rings is 2. The maximum absolute atomic E-state index is 12.6. The summed E-state index contributed by atoms with van der Waals surface area (Å²) in [7, 11) is 0. The molecule has 28 heavy (non-hydrogen) atoms. The van der Waals surface area contributed by atoms with Gasteiger partial charge in [-0.05, 0) is 24.5 Å². The largest absolute Gasteiger partial charge is 0.477 e. The van der Waals surface area contributed by atoms with E-state index in [2.05, 4.69) is 29.1 Å². The van der Waals surface area contributed by atoms with E-state index >= 15 is 0 Å². The smallest absolute Gasteiger partial charge is 0.354 e. The highest BCUT2D eigenvalue weighted by Crippen LogP contribution is 2.23. The minimum Gasteiger partial charge on any atom is -0.477 e. The summed E-state index contributed by atoms with van der Waals surface area (Å²) in [6.07, 6.45) is 4.43.